The topological polar surface area (TPSA) is 320 Å². The van der Waals surface area contributed by atoms with Gasteiger partial charge < -0.3 is 101 Å². The summed E-state index contributed by atoms with van der Waals surface area (Å²) >= 11 is 0. The number of quaternary nitrogens is 4. The molecule has 105 valence electrons. The molecule has 0 saturated carbocycles. The van der Waals surface area contributed by atoms with E-state index in [1.807, 2.05) is 0 Å². The molecule has 0 unspecified atom stereocenters. The first-order valence-electron chi connectivity index (χ1n) is 1.34. The van der Waals surface area contributed by atoms with Crippen LogP contribution < -0.4 is 24.6 Å². The van der Waals surface area contributed by atoms with Crippen molar-refractivity contribution < 1.29 is 22.5 Å². The summed E-state index contributed by atoms with van der Waals surface area (Å²) in [6.45, 7) is 28.5. The minimum absolute atomic E-state index is 0. The van der Waals surface area contributed by atoms with Crippen molar-refractivity contribution in [3.8, 4) is 0 Å². The molecule has 1 radical (unpaired) electrons. The maximum absolute atomic E-state index is 6.25. The van der Waals surface area contributed by atoms with Crippen LogP contribution in [0.25, 0.3) is 0 Å². The molecule has 0 rings (SSSR count). The maximum atomic E-state index is 6.25. The molecule has 18 heavy (non-hydrogen) atoms. The summed E-state index contributed by atoms with van der Waals surface area (Å²) in [4.78, 5) is 0. The molecule has 0 aliphatic rings. The van der Waals surface area contributed by atoms with E-state index in [1.165, 1.54) is 0 Å². The molecular weight excluding hydrogens is 284 g/mol. The average Bonchev–Trinajstić information content (AvgIpc) is 2.33. The van der Waals surface area contributed by atoms with Gasteiger partial charge in [0, 0.05) is 0 Å². The Morgan fingerprint density at radius 3 is 0.333 bits per heavy atom. The molecule has 0 atom stereocenters. The number of hydrogen-bond donors (Lipinski definition) is 4. The fourth-order valence-corrected chi connectivity index (χ4v) is 0. The molecule has 0 heterocycles. The van der Waals surface area contributed by atoms with Crippen LogP contribution in [-0.4, -0.2) is 5.48 Å². The van der Waals surface area contributed by atoms with Crippen molar-refractivity contribution in [2.24, 2.45) is 0 Å². The first-order valence-corrected chi connectivity index (χ1v) is 1.34. The molecule has 11 nitrogen and oxygen atoms in total. The minimum atomic E-state index is 0. The molecule has 0 bridgehead atoms. The van der Waals surface area contributed by atoms with Gasteiger partial charge in [-0.3, -0.25) is 0 Å². The Kier molecular flexibility index (Phi) is 5420. The molecule has 0 fully saturated rings. The molecule has 0 amide bonds. The van der Waals surface area contributed by atoms with E-state index >= 15 is 0 Å². The zero-order valence-electron chi connectivity index (χ0n) is 10.5. The summed E-state index contributed by atoms with van der Waals surface area (Å²) < 4.78 is 0. The molecule has 0 spiro atoms. The van der Waals surface area contributed by atoms with Gasteiger partial charge in [0.05, 0.1) is 0 Å². The zero-order chi connectivity index (χ0) is 12.0. The fourth-order valence-electron chi connectivity index (χ4n) is 0. The third kappa shape index (κ3) is 265. The third-order valence-corrected chi connectivity index (χ3v) is 0. The number of nitrogens with zero attached hydrogens (tertiary/aromatic N) is 6. The van der Waals surface area contributed by atoms with E-state index in [0.29, 0.717) is 0 Å². The van der Waals surface area contributed by atoms with Crippen LogP contribution in [0.15, 0.2) is 0 Å². The second-order valence-corrected chi connectivity index (χ2v) is 0. The van der Waals surface area contributed by atoms with E-state index in [2.05, 4.69) is 0 Å². The normalized spacial score (nSPS) is 0.667. The Balaban J connectivity index is -0.00000000225. The first-order chi connectivity index (χ1) is 6.00. The predicted molar refractivity (Wildman–Crippen MR) is 57.4 cm³/mol. The Hall–Kier alpha value is -2.74. The van der Waals surface area contributed by atoms with Crippen LogP contribution in [-0.2, 0) is 17.1 Å². The first kappa shape index (κ1) is 292. The van der Waals surface area contributed by atoms with Crippen LogP contribution in [0.1, 0.15) is 0 Å². The van der Waals surface area contributed by atoms with E-state index in [9.17, 15) is 0 Å². The minimum Gasteiger partial charge on any atom is -0.512 e. The van der Waals surface area contributed by atoms with Crippen LogP contribution in [0.5, 0.6) is 0 Å². The van der Waals surface area contributed by atoms with E-state index < -0.39 is 0 Å². The molecule has 0 aliphatic heterocycles. The van der Waals surface area contributed by atoms with Crippen molar-refractivity contribution in [2.45, 2.75) is 0 Å². The molecule has 0 saturated heterocycles. The van der Waals surface area contributed by atoms with Crippen LogP contribution >= 0.6 is 0 Å². The smallest absolute Gasteiger partial charge is 0.512 e. The van der Waals surface area contributed by atoms with Crippen LogP contribution in [0.2, 0.25) is 0 Å². The quantitative estimate of drug-likeness (QED) is 0.376. The van der Waals surface area contributed by atoms with Gasteiger partial charge >= 0.3 is 17.1 Å². The van der Waals surface area contributed by atoms with Crippen LogP contribution in [0.3, 0.4) is 0 Å². The van der Waals surface area contributed by atoms with Crippen molar-refractivity contribution in [1.82, 2.24) is 24.6 Å². The SMILES string of the molecule is O.[C-]#N.[C-]#N.[C-]#N.[C-]#N.[C-]#N.[C-]#N.[Fe+3].[NH4+].[NH4+].[NH4+].[NH4+]. The number of hydrogen-bond acceptors (Lipinski definition) is 6. The van der Waals surface area contributed by atoms with Gasteiger partial charge in [-0.1, -0.05) is 0 Å². The van der Waals surface area contributed by atoms with Gasteiger partial charge in [0.15, 0.2) is 0 Å². The van der Waals surface area contributed by atoms with Crippen molar-refractivity contribution in [3.05, 3.63) is 39.4 Å². The summed E-state index contributed by atoms with van der Waals surface area (Å²) in [6, 6.07) is 0. The molecular formula is C6H18FeN10O+. The van der Waals surface area contributed by atoms with Gasteiger partial charge in [0.2, 0.25) is 0 Å². The summed E-state index contributed by atoms with van der Waals surface area (Å²) in [7, 11) is 0. The van der Waals surface area contributed by atoms with Gasteiger partial charge in [0.25, 0.3) is 0 Å². The summed E-state index contributed by atoms with van der Waals surface area (Å²) in [5, 5.41) is 37.5. The second-order valence-electron chi connectivity index (χ2n) is 0. The summed E-state index contributed by atoms with van der Waals surface area (Å²) in [5.74, 6) is 0. The van der Waals surface area contributed by atoms with Gasteiger partial charge in [-0.15, -0.1) is 0 Å². The summed E-state index contributed by atoms with van der Waals surface area (Å²) in [6.07, 6.45) is 0. The van der Waals surface area contributed by atoms with Crippen LogP contribution in [0, 0.1) is 71.0 Å². The monoisotopic (exact) mass is 302 g/mol. The molecule has 0 aromatic heterocycles. The molecule has 18 N–H and O–H groups in total. The van der Waals surface area contributed by atoms with Crippen molar-refractivity contribution in [3.63, 3.8) is 0 Å². The van der Waals surface area contributed by atoms with Gasteiger partial charge in [-0.2, -0.15) is 0 Å². The second kappa shape index (κ2) is 334. The average molecular weight is 302 g/mol. The fraction of sp³-hybridized carbons (Fsp3) is 0. The Bertz CT molecular complexity index is 101. The number of rotatable bonds is 0. The van der Waals surface area contributed by atoms with Crippen LogP contribution in [0.4, 0.5) is 0 Å². The van der Waals surface area contributed by atoms with Crippen molar-refractivity contribution in [1.29, 1.82) is 31.6 Å². The van der Waals surface area contributed by atoms with E-state index in [1.54, 1.807) is 0 Å². The van der Waals surface area contributed by atoms with Crippen molar-refractivity contribution in [2.75, 3.05) is 0 Å². The molecule has 0 aliphatic carbocycles. The zero-order valence-corrected chi connectivity index (χ0v) is 11.6. The van der Waals surface area contributed by atoms with Crippen molar-refractivity contribution >= 4 is 0 Å². The maximum Gasteiger partial charge on any atom is 3.00 e. The Labute approximate surface area is 119 Å². The van der Waals surface area contributed by atoms with E-state index in [-0.39, 0.29) is 47.1 Å². The van der Waals surface area contributed by atoms with E-state index in [4.69, 9.17) is 71.0 Å². The molecule has 12 heteroatoms. The Morgan fingerprint density at radius 2 is 0.333 bits per heavy atom. The van der Waals surface area contributed by atoms with Gasteiger partial charge in [-0.05, 0) is 0 Å². The summed E-state index contributed by atoms with van der Waals surface area (Å²) in [5.41, 5.74) is 0. The largest absolute Gasteiger partial charge is 3.00 e. The van der Waals surface area contributed by atoms with Gasteiger partial charge in [-0.25, -0.2) is 0 Å². The molecule has 0 aromatic carbocycles. The predicted octanol–water partition coefficient (Wildman–Crippen LogP) is 1.26. The van der Waals surface area contributed by atoms with Gasteiger partial charge in [0.1, 0.15) is 0 Å². The Morgan fingerprint density at radius 1 is 0.333 bits per heavy atom. The van der Waals surface area contributed by atoms with E-state index in [0.717, 1.165) is 0 Å². The standard InChI is InChI=1S/6CN.Fe.4H3N.H2O/c6*1-2;;;;;;/h;;;;;;;4*1H3;1H2/q6*-1;+3;;;;;/p+4. The third-order valence-electron chi connectivity index (χ3n) is 0. The molecule has 0 aromatic rings.